The molecule has 4 atom stereocenters. The van der Waals surface area contributed by atoms with Crippen LogP contribution in [0.15, 0.2) is 0 Å². The van der Waals surface area contributed by atoms with Gasteiger partial charge in [-0.1, -0.05) is 0 Å². The summed E-state index contributed by atoms with van der Waals surface area (Å²) in [5.41, 5.74) is 0. The molecule has 0 aromatic rings. The molecule has 8 nitrogen and oxygen atoms in total. The van der Waals surface area contributed by atoms with E-state index in [4.69, 9.17) is 9.11 Å². The minimum atomic E-state index is -6.23. The molecule has 2 N–H and O–H groups in total. The molecule has 3 fully saturated rings. The second kappa shape index (κ2) is 5.94. The first-order chi connectivity index (χ1) is 13.1. The monoisotopic (exact) mass is 500 g/mol. The van der Waals surface area contributed by atoms with Gasteiger partial charge in [-0.15, -0.1) is 0 Å². The van der Waals surface area contributed by atoms with Gasteiger partial charge >= 0.3 is 42.5 Å². The maximum atomic E-state index is 14.5. The maximum Gasteiger partial charge on any atom is 0.408 e. The predicted octanol–water partition coefficient (Wildman–Crippen LogP) is 2.48. The van der Waals surface area contributed by atoms with Crippen LogP contribution in [0.4, 0.5) is 35.1 Å². The van der Waals surface area contributed by atoms with E-state index in [1.807, 2.05) is 0 Å². The van der Waals surface area contributed by atoms with Crippen LogP contribution in [0.25, 0.3) is 0 Å². The molecule has 0 aromatic heterocycles. The van der Waals surface area contributed by atoms with Crippen molar-refractivity contribution in [2.45, 2.75) is 59.6 Å². The molecule has 30 heavy (non-hydrogen) atoms. The first-order valence-corrected chi connectivity index (χ1v) is 10.9. The van der Waals surface area contributed by atoms with Gasteiger partial charge in [-0.25, -0.2) is 8.78 Å². The topological polar surface area (TPSA) is 127 Å². The highest BCUT2D eigenvalue weighted by Gasteiger charge is 2.92. The van der Waals surface area contributed by atoms with Gasteiger partial charge in [-0.2, -0.15) is 43.2 Å². The van der Waals surface area contributed by atoms with Crippen LogP contribution >= 0.6 is 0 Å². The maximum absolute atomic E-state index is 14.5. The zero-order chi connectivity index (χ0) is 23.4. The van der Waals surface area contributed by atoms with Gasteiger partial charge in [-0.3, -0.25) is 18.6 Å². The van der Waals surface area contributed by atoms with E-state index in [1.165, 1.54) is 0 Å². The fourth-order valence-corrected chi connectivity index (χ4v) is 5.28. The first kappa shape index (κ1) is 23.8. The zero-order valence-corrected chi connectivity index (χ0v) is 15.8. The molecule has 2 aliphatic heterocycles. The Morgan fingerprint density at radius 1 is 0.600 bits per heavy atom. The minimum absolute atomic E-state index is 0.950. The minimum Gasteiger partial charge on any atom is -0.284 e. The summed E-state index contributed by atoms with van der Waals surface area (Å²) in [6, 6.07) is 0. The number of hydrogen-bond acceptors (Lipinski definition) is 6. The molecule has 0 aromatic carbocycles. The highest BCUT2D eigenvalue weighted by molar-refractivity contribution is 7.87. The van der Waals surface area contributed by atoms with Gasteiger partial charge in [0.15, 0.2) is 0 Å². The summed E-state index contributed by atoms with van der Waals surface area (Å²) in [4.78, 5) is 0. The van der Waals surface area contributed by atoms with E-state index < -0.39 is 91.7 Å². The van der Waals surface area contributed by atoms with Gasteiger partial charge in [0.2, 0.25) is 0 Å². The second-order valence-corrected chi connectivity index (χ2v) is 10.2. The van der Waals surface area contributed by atoms with Crippen LogP contribution < -0.4 is 0 Å². The van der Waals surface area contributed by atoms with Crippen molar-refractivity contribution in [3.8, 4) is 0 Å². The van der Waals surface area contributed by atoms with E-state index in [9.17, 15) is 52.0 Å². The Morgan fingerprint density at radius 3 is 1.00 bits per heavy atom. The Morgan fingerprint density at radius 2 is 0.833 bits per heavy atom. The molecule has 0 amide bonds. The third kappa shape index (κ3) is 2.45. The summed E-state index contributed by atoms with van der Waals surface area (Å²) in [6.07, 6.45) is -3.80. The first-order valence-electron chi connectivity index (χ1n) is 7.98. The highest BCUT2D eigenvalue weighted by Crippen LogP contribution is 2.67. The van der Waals surface area contributed by atoms with E-state index in [1.54, 1.807) is 0 Å². The third-order valence-corrected chi connectivity index (χ3v) is 7.61. The van der Waals surface area contributed by atoms with Crippen LogP contribution in [0.1, 0.15) is 25.7 Å². The second-order valence-electron chi connectivity index (χ2n) is 7.21. The number of hydrogen-bond donors (Lipinski definition) is 2. The van der Waals surface area contributed by atoms with Crippen molar-refractivity contribution in [1.29, 1.82) is 0 Å². The quantitative estimate of drug-likeness (QED) is 0.445. The molecule has 0 radical (unpaired) electrons. The van der Waals surface area contributed by atoms with E-state index in [2.05, 4.69) is 9.47 Å². The van der Waals surface area contributed by atoms with Gasteiger partial charge in [0, 0.05) is 11.8 Å². The van der Waals surface area contributed by atoms with Crippen LogP contribution in [0.5, 0.6) is 0 Å². The Labute approximate surface area is 163 Å². The third-order valence-electron chi connectivity index (χ3n) is 5.61. The van der Waals surface area contributed by atoms with Crippen molar-refractivity contribution in [2.75, 3.05) is 0 Å². The molecule has 2 heterocycles. The molecule has 0 bridgehead atoms. The number of rotatable bonds is 4. The van der Waals surface area contributed by atoms with Crippen molar-refractivity contribution >= 4 is 20.2 Å². The molecule has 1 saturated carbocycles. The molecule has 0 spiro atoms. The fraction of sp³-hybridized carbons (Fsp3) is 1.00. The summed E-state index contributed by atoms with van der Waals surface area (Å²) in [5.74, 6) is -23.6. The summed E-state index contributed by atoms with van der Waals surface area (Å²) in [6.45, 7) is 0. The predicted molar refractivity (Wildman–Crippen MR) is 76.0 cm³/mol. The van der Waals surface area contributed by atoms with Crippen molar-refractivity contribution in [3.05, 3.63) is 0 Å². The Kier molecular flexibility index (Phi) is 4.72. The average molecular weight is 500 g/mol. The van der Waals surface area contributed by atoms with Gasteiger partial charge in [-0.05, 0) is 25.7 Å². The average Bonchev–Trinajstić information content (AvgIpc) is 2.59. The largest absolute Gasteiger partial charge is 0.408 e. The molecular weight excluding hydrogens is 488 g/mol. The SMILES string of the molecule is O=S(=O)(O)C1(F)OC(F)(C2CCC(C3(F)OC(F)(S(=O)(=O)O)C3(F)F)CC2)C1(F)F. The summed E-state index contributed by atoms with van der Waals surface area (Å²) in [7, 11) is -12.5. The molecule has 18 heteroatoms. The lowest BCUT2D eigenvalue weighted by Crippen LogP contribution is -2.80. The van der Waals surface area contributed by atoms with Crippen molar-refractivity contribution in [2.24, 2.45) is 11.8 Å². The van der Waals surface area contributed by atoms with Gasteiger partial charge in [0.05, 0.1) is 0 Å². The summed E-state index contributed by atoms with van der Waals surface area (Å²) in [5, 5.41) is -10.2. The molecule has 176 valence electrons. The standard InChI is InChI=1S/C12H12F8O8S2/c13-7(9(15,16)11(19,27-7)29(21,22)23)5-1-2-6(4-3-5)8(14)10(17,18)12(20,28-8)30(24,25)26/h5-6H,1-4H2,(H,21,22,23)(H,24,25,26). The van der Waals surface area contributed by atoms with Crippen LogP contribution in [0.3, 0.4) is 0 Å². The van der Waals surface area contributed by atoms with Crippen LogP contribution in [0, 0.1) is 11.8 Å². The highest BCUT2D eigenvalue weighted by atomic mass is 32.2. The molecule has 3 aliphatic rings. The van der Waals surface area contributed by atoms with E-state index in [-0.39, 0.29) is 0 Å². The smallest absolute Gasteiger partial charge is 0.284 e. The van der Waals surface area contributed by atoms with E-state index in [0.717, 1.165) is 0 Å². The lowest BCUT2D eigenvalue weighted by atomic mass is 9.71. The van der Waals surface area contributed by atoms with E-state index >= 15 is 0 Å². The molecular formula is C12H12F8O8S2. The van der Waals surface area contributed by atoms with Crippen molar-refractivity contribution in [3.63, 3.8) is 0 Å². The fourth-order valence-electron chi connectivity index (χ4n) is 3.90. The lowest BCUT2D eigenvalue weighted by molar-refractivity contribution is -0.502. The van der Waals surface area contributed by atoms with E-state index in [0.29, 0.717) is 0 Å². The Hall–Kier alpha value is -0.820. The Bertz CT molecular complexity index is 889. The molecule has 1 aliphatic carbocycles. The van der Waals surface area contributed by atoms with Gasteiger partial charge in [0.1, 0.15) is 0 Å². The lowest BCUT2D eigenvalue weighted by Gasteiger charge is -2.56. The summed E-state index contributed by atoms with van der Waals surface area (Å²) < 4.78 is 179. The van der Waals surface area contributed by atoms with Gasteiger partial charge in [0.25, 0.3) is 11.7 Å². The number of halogens is 8. The number of alkyl halides is 8. The van der Waals surface area contributed by atoms with Crippen molar-refractivity contribution < 1.29 is 70.5 Å². The zero-order valence-electron chi connectivity index (χ0n) is 14.2. The van der Waals surface area contributed by atoms with Gasteiger partial charge < -0.3 is 0 Å². The molecule has 4 unspecified atom stereocenters. The molecule has 2 saturated heterocycles. The van der Waals surface area contributed by atoms with Crippen LogP contribution in [0.2, 0.25) is 0 Å². The molecule has 3 rings (SSSR count). The summed E-state index contributed by atoms with van der Waals surface area (Å²) >= 11 is 0. The Balaban J connectivity index is 1.76. The van der Waals surface area contributed by atoms with Crippen LogP contribution in [-0.4, -0.2) is 59.9 Å². The van der Waals surface area contributed by atoms with Crippen molar-refractivity contribution in [1.82, 2.24) is 0 Å². The van der Waals surface area contributed by atoms with Crippen LogP contribution in [-0.2, 0) is 29.7 Å². The normalized spacial score (nSPS) is 48.5. The number of ether oxygens (including phenoxy) is 2.